The maximum absolute atomic E-state index is 13.5. The van der Waals surface area contributed by atoms with E-state index in [4.69, 9.17) is 4.74 Å². The van der Waals surface area contributed by atoms with E-state index < -0.39 is 5.97 Å². The Bertz CT molecular complexity index is 2420. The van der Waals surface area contributed by atoms with Gasteiger partial charge in [-0.05, 0) is 86.7 Å². The van der Waals surface area contributed by atoms with E-state index in [1.807, 2.05) is 66.7 Å². The molecule has 7 aromatic rings. The van der Waals surface area contributed by atoms with E-state index in [-0.39, 0.29) is 17.6 Å². The second-order valence-electron chi connectivity index (χ2n) is 12.9. The van der Waals surface area contributed by atoms with Crippen LogP contribution in [0.25, 0.3) is 26.9 Å². The Morgan fingerprint density at radius 1 is 1.00 bits per heavy atom. The molecule has 0 fully saturated rings. The number of fused-ring (bicyclic) bond motifs is 3. The smallest absolute Gasteiger partial charge is 0.355 e. The number of anilines is 3. The normalized spacial score (nSPS) is 12.7. The lowest BCUT2D eigenvalue weighted by molar-refractivity contribution is 0.0690. The van der Waals surface area contributed by atoms with Crippen LogP contribution in [0.15, 0.2) is 79.3 Å². The summed E-state index contributed by atoms with van der Waals surface area (Å²) >= 11 is 2.82. The van der Waals surface area contributed by atoms with Gasteiger partial charge in [0.1, 0.15) is 17.9 Å². The van der Waals surface area contributed by atoms with Gasteiger partial charge in [-0.15, -0.1) is 11.3 Å². The van der Waals surface area contributed by atoms with Gasteiger partial charge in [0.2, 0.25) is 0 Å². The van der Waals surface area contributed by atoms with Crippen LogP contribution < -0.4 is 20.3 Å². The van der Waals surface area contributed by atoms with Crippen LogP contribution in [-0.4, -0.2) is 65.9 Å². The molecule has 53 heavy (non-hydrogen) atoms. The van der Waals surface area contributed by atoms with Crippen molar-refractivity contribution in [3.8, 4) is 11.4 Å². The number of thiazole rings is 2. The molecule has 0 unspecified atom stereocenters. The number of aryl methyl sites for hydroxylation is 1. The Hall–Kier alpha value is -5.93. The lowest BCUT2D eigenvalue weighted by Crippen LogP contribution is -2.32. The molecular weight excluding hydrogens is 711 g/mol. The molecule has 1 aliphatic rings. The predicted octanol–water partition coefficient (Wildman–Crippen LogP) is 7.23. The standard InChI is InChI=1S/C38H35N9O4S2/c1-22(2)42-33-27-19-41-47(34(27)40-21-39-33)24-12-14-25(15-13-24)51-18-6-11-31-32(36(49)50)44-38(53-31)46-17-16-23-7-5-8-26(28(23)20-46)35(48)45-37-43-29-9-3-4-10-30(29)52-37/h3-5,7-10,12-15,19,21-22H,6,11,16-18,20H2,1-2H3,(H,49,50)(H,39,40,42)(H,43,45,48). The highest BCUT2D eigenvalue weighted by atomic mass is 32.1. The van der Waals surface area contributed by atoms with Gasteiger partial charge in [-0.1, -0.05) is 35.6 Å². The average molecular weight is 746 g/mol. The third kappa shape index (κ3) is 7.12. The molecule has 0 bridgehead atoms. The van der Waals surface area contributed by atoms with Crippen molar-refractivity contribution in [3.05, 3.63) is 107 Å². The van der Waals surface area contributed by atoms with E-state index in [2.05, 4.69) is 54.4 Å². The van der Waals surface area contributed by atoms with Crippen LogP contribution >= 0.6 is 22.7 Å². The average Bonchev–Trinajstić information content (AvgIpc) is 3.90. The molecule has 0 spiro atoms. The number of nitrogens with zero attached hydrogens (tertiary/aromatic N) is 7. The molecule has 5 heterocycles. The summed E-state index contributed by atoms with van der Waals surface area (Å²) in [5.41, 5.74) is 5.02. The van der Waals surface area contributed by atoms with Crippen molar-refractivity contribution in [2.75, 3.05) is 28.7 Å². The molecule has 15 heteroatoms. The number of carboxylic acid groups (broad SMARTS) is 1. The molecule has 4 aromatic heterocycles. The molecule has 1 aliphatic heterocycles. The minimum absolute atomic E-state index is 0.0593. The molecule has 3 aromatic carbocycles. The number of carbonyl (C=O) groups is 2. The zero-order valence-electron chi connectivity index (χ0n) is 28.9. The first-order valence-corrected chi connectivity index (χ1v) is 18.9. The minimum atomic E-state index is -1.06. The largest absolute Gasteiger partial charge is 0.494 e. The molecule has 0 aliphatic carbocycles. The molecule has 0 radical (unpaired) electrons. The van der Waals surface area contributed by atoms with Crippen molar-refractivity contribution in [2.45, 2.75) is 45.7 Å². The summed E-state index contributed by atoms with van der Waals surface area (Å²) in [6.45, 7) is 5.62. The number of hydrogen-bond donors (Lipinski definition) is 3. The number of rotatable bonds is 12. The number of hydrogen-bond acceptors (Lipinski definition) is 12. The highest BCUT2D eigenvalue weighted by Crippen LogP contribution is 2.34. The molecule has 3 N–H and O–H groups in total. The van der Waals surface area contributed by atoms with Crippen LogP contribution in [0.1, 0.15) is 57.1 Å². The summed E-state index contributed by atoms with van der Waals surface area (Å²) in [6, 6.07) is 21.4. The van der Waals surface area contributed by atoms with E-state index >= 15 is 0 Å². The Morgan fingerprint density at radius 3 is 2.66 bits per heavy atom. The molecule has 0 saturated carbocycles. The monoisotopic (exact) mass is 745 g/mol. The topological polar surface area (TPSA) is 160 Å². The van der Waals surface area contributed by atoms with E-state index in [1.54, 1.807) is 10.9 Å². The predicted molar refractivity (Wildman–Crippen MR) is 207 cm³/mol. The van der Waals surface area contributed by atoms with Gasteiger partial charge in [0.15, 0.2) is 21.6 Å². The number of aromatic carboxylic acids is 1. The molecule has 0 atom stereocenters. The van der Waals surface area contributed by atoms with E-state index in [0.29, 0.717) is 71.1 Å². The van der Waals surface area contributed by atoms with Crippen LogP contribution in [0.2, 0.25) is 0 Å². The first-order chi connectivity index (χ1) is 25.8. The lowest BCUT2D eigenvalue weighted by atomic mass is 9.94. The quantitative estimate of drug-likeness (QED) is 0.108. The number of ether oxygens (including phenoxy) is 1. The molecule has 8 rings (SSSR count). The van der Waals surface area contributed by atoms with E-state index in [9.17, 15) is 14.7 Å². The van der Waals surface area contributed by atoms with Crippen LogP contribution in [0.3, 0.4) is 0 Å². The highest BCUT2D eigenvalue weighted by Gasteiger charge is 2.27. The highest BCUT2D eigenvalue weighted by molar-refractivity contribution is 7.22. The second-order valence-corrected chi connectivity index (χ2v) is 15.0. The number of nitrogens with one attached hydrogen (secondary N) is 2. The van der Waals surface area contributed by atoms with Crippen LogP contribution in [-0.2, 0) is 19.4 Å². The fraction of sp³-hybridized carbons (Fsp3) is 0.237. The maximum Gasteiger partial charge on any atom is 0.355 e. The van der Waals surface area contributed by atoms with Gasteiger partial charge in [-0.25, -0.2) is 29.4 Å². The molecule has 0 saturated heterocycles. The first-order valence-electron chi connectivity index (χ1n) is 17.2. The van der Waals surface area contributed by atoms with Gasteiger partial charge in [-0.3, -0.25) is 10.1 Å². The zero-order valence-corrected chi connectivity index (χ0v) is 30.6. The van der Waals surface area contributed by atoms with Crippen molar-refractivity contribution in [1.82, 2.24) is 29.7 Å². The summed E-state index contributed by atoms with van der Waals surface area (Å²) in [5.74, 6) is 0.157. The Kier molecular flexibility index (Phi) is 9.41. The van der Waals surface area contributed by atoms with Gasteiger partial charge in [-0.2, -0.15) is 5.10 Å². The maximum atomic E-state index is 13.5. The van der Waals surface area contributed by atoms with E-state index in [1.165, 1.54) is 29.0 Å². The number of carbonyl (C=O) groups excluding carboxylic acids is 1. The number of aromatic nitrogens is 6. The van der Waals surface area contributed by atoms with Crippen LogP contribution in [0.4, 0.5) is 16.1 Å². The van der Waals surface area contributed by atoms with Gasteiger partial charge in [0.05, 0.1) is 34.1 Å². The van der Waals surface area contributed by atoms with Crippen LogP contribution in [0.5, 0.6) is 5.75 Å². The fourth-order valence-corrected chi connectivity index (χ4v) is 8.37. The first kappa shape index (κ1) is 34.2. The Labute approximate surface area is 312 Å². The number of benzene rings is 3. The van der Waals surface area contributed by atoms with Crippen LogP contribution in [0, 0.1) is 0 Å². The zero-order chi connectivity index (χ0) is 36.5. The number of amides is 1. The Balaban J connectivity index is 0.906. The third-order valence-corrected chi connectivity index (χ3v) is 11.0. The van der Waals surface area contributed by atoms with Crippen molar-refractivity contribution in [1.29, 1.82) is 0 Å². The molecule has 13 nitrogen and oxygen atoms in total. The van der Waals surface area contributed by atoms with Gasteiger partial charge < -0.3 is 20.1 Å². The summed E-state index contributed by atoms with van der Waals surface area (Å²) in [4.78, 5) is 46.4. The Morgan fingerprint density at radius 2 is 1.85 bits per heavy atom. The summed E-state index contributed by atoms with van der Waals surface area (Å²) in [5, 5.41) is 22.9. The number of para-hydroxylation sites is 1. The lowest BCUT2D eigenvalue weighted by Gasteiger charge is -2.29. The van der Waals surface area contributed by atoms with Crippen molar-refractivity contribution in [2.24, 2.45) is 0 Å². The third-order valence-electron chi connectivity index (χ3n) is 8.88. The van der Waals surface area contributed by atoms with Crippen molar-refractivity contribution in [3.63, 3.8) is 0 Å². The molecule has 1 amide bonds. The summed E-state index contributed by atoms with van der Waals surface area (Å²) < 4.78 is 8.80. The fourth-order valence-electron chi connectivity index (χ4n) is 6.39. The minimum Gasteiger partial charge on any atom is -0.494 e. The molecular formula is C38H35N9O4S2. The van der Waals surface area contributed by atoms with Crippen molar-refractivity contribution < 1.29 is 19.4 Å². The van der Waals surface area contributed by atoms with Gasteiger partial charge >= 0.3 is 5.97 Å². The SMILES string of the molecule is CC(C)Nc1ncnc2c1cnn2-c1ccc(OCCCc2sc(N3CCc4cccc(C(=O)Nc5nc6ccccc6s5)c4C3)nc2C(=O)O)cc1. The number of carboxylic acids is 1. The second kappa shape index (κ2) is 14.6. The van der Waals surface area contributed by atoms with Crippen molar-refractivity contribution >= 4 is 71.9 Å². The summed E-state index contributed by atoms with van der Waals surface area (Å²) in [7, 11) is 0. The summed E-state index contributed by atoms with van der Waals surface area (Å²) in [6.07, 6.45) is 5.10. The van der Waals surface area contributed by atoms with Gasteiger partial charge in [0, 0.05) is 29.6 Å². The molecule has 268 valence electrons. The van der Waals surface area contributed by atoms with E-state index in [0.717, 1.165) is 38.2 Å². The van der Waals surface area contributed by atoms with Gasteiger partial charge in [0.25, 0.3) is 5.91 Å².